The Morgan fingerprint density at radius 1 is 1.05 bits per heavy atom. The van der Waals surface area contributed by atoms with Crippen LogP contribution in [0.2, 0.25) is 0 Å². The van der Waals surface area contributed by atoms with Crippen LogP contribution in [0.25, 0.3) is 10.9 Å². The van der Waals surface area contributed by atoms with Gasteiger partial charge in [-0.15, -0.1) is 4.68 Å². The van der Waals surface area contributed by atoms with E-state index in [4.69, 9.17) is 0 Å². The number of hydrogen-bond acceptors (Lipinski definition) is 4. The molecule has 0 aliphatic rings. The van der Waals surface area contributed by atoms with Crippen LogP contribution in [0.4, 0.5) is 0 Å². The highest BCUT2D eigenvalue weighted by Gasteiger charge is 2.05. The third kappa shape index (κ3) is 2.34. The van der Waals surface area contributed by atoms with E-state index in [1.165, 1.54) is 12.3 Å². The maximum absolute atomic E-state index is 12.2. The van der Waals surface area contributed by atoms with Crippen molar-refractivity contribution in [1.82, 2.24) is 9.66 Å². The molecule has 0 atom stereocenters. The van der Waals surface area contributed by atoms with Crippen molar-refractivity contribution in [2.24, 2.45) is 5.10 Å². The van der Waals surface area contributed by atoms with Crippen LogP contribution in [0.1, 0.15) is 5.56 Å². The van der Waals surface area contributed by atoms with Gasteiger partial charge >= 0.3 is 5.69 Å². The summed E-state index contributed by atoms with van der Waals surface area (Å²) in [5.41, 5.74) is -0.273. The van der Waals surface area contributed by atoms with Crippen molar-refractivity contribution >= 4 is 17.1 Å². The lowest BCUT2D eigenvalue weighted by Gasteiger charge is -2.01. The fraction of sp³-hybridized carbons (Fsp3) is 0. The third-order valence-corrected chi connectivity index (χ3v) is 3.03. The van der Waals surface area contributed by atoms with E-state index in [2.05, 4.69) is 10.1 Å². The first-order chi connectivity index (χ1) is 10.2. The van der Waals surface area contributed by atoms with Gasteiger partial charge in [0.2, 0.25) is 0 Å². The van der Waals surface area contributed by atoms with E-state index in [9.17, 15) is 14.7 Å². The molecule has 0 aliphatic heterocycles. The zero-order valence-electron chi connectivity index (χ0n) is 10.9. The van der Waals surface area contributed by atoms with Gasteiger partial charge in [-0.3, -0.25) is 4.79 Å². The molecule has 21 heavy (non-hydrogen) atoms. The SMILES string of the molecule is O=c1[nH]c2ccccc2c(=O)n1/N=C/c1ccccc1O. The molecular weight excluding hydrogens is 270 g/mol. The van der Waals surface area contributed by atoms with E-state index in [1.807, 2.05) is 0 Å². The predicted molar refractivity (Wildman–Crippen MR) is 79.9 cm³/mol. The monoisotopic (exact) mass is 281 g/mol. The molecule has 3 aromatic rings. The van der Waals surface area contributed by atoms with Gasteiger partial charge in [0, 0.05) is 5.56 Å². The maximum atomic E-state index is 12.2. The number of phenolic OH excluding ortho intramolecular Hbond substituents is 1. The van der Waals surface area contributed by atoms with E-state index in [0.29, 0.717) is 16.5 Å². The fourth-order valence-electron chi connectivity index (χ4n) is 1.97. The number of nitrogens with one attached hydrogen (secondary N) is 1. The number of phenols is 1. The predicted octanol–water partition coefficient (Wildman–Crippen LogP) is 1.28. The van der Waals surface area contributed by atoms with Crippen molar-refractivity contribution in [3.63, 3.8) is 0 Å². The van der Waals surface area contributed by atoms with Gasteiger partial charge in [-0.25, -0.2) is 4.79 Å². The molecule has 104 valence electrons. The van der Waals surface area contributed by atoms with Gasteiger partial charge in [0.15, 0.2) is 0 Å². The number of nitrogens with zero attached hydrogens (tertiary/aromatic N) is 2. The molecule has 3 rings (SSSR count). The van der Waals surface area contributed by atoms with Crippen molar-refractivity contribution in [1.29, 1.82) is 0 Å². The Kier molecular flexibility index (Phi) is 3.12. The Morgan fingerprint density at radius 2 is 1.76 bits per heavy atom. The van der Waals surface area contributed by atoms with Crippen molar-refractivity contribution in [3.05, 3.63) is 74.9 Å². The number of hydrogen-bond donors (Lipinski definition) is 2. The number of H-pyrrole nitrogens is 1. The van der Waals surface area contributed by atoms with Gasteiger partial charge in [-0.2, -0.15) is 5.10 Å². The van der Waals surface area contributed by atoms with Gasteiger partial charge in [0.05, 0.1) is 17.1 Å². The lowest BCUT2D eigenvalue weighted by Crippen LogP contribution is -2.32. The van der Waals surface area contributed by atoms with Crippen molar-refractivity contribution < 1.29 is 5.11 Å². The van der Waals surface area contributed by atoms with Crippen LogP contribution in [0.5, 0.6) is 5.75 Å². The topological polar surface area (TPSA) is 87.5 Å². The quantitative estimate of drug-likeness (QED) is 0.693. The number of para-hydroxylation sites is 2. The maximum Gasteiger partial charge on any atom is 0.349 e. The minimum atomic E-state index is -0.634. The van der Waals surface area contributed by atoms with Gasteiger partial charge in [-0.05, 0) is 24.3 Å². The van der Waals surface area contributed by atoms with Crippen LogP contribution in [0.3, 0.4) is 0 Å². The van der Waals surface area contributed by atoms with Crippen LogP contribution in [-0.2, 0) is 0 Å². The highest BCUT2D eigenvalue weighted by atomic mass is 16.3. The molecule has 0 spiro atoms. The molecule has 1 heterocycles. The standard InChI is InChI=1S/C15H11N3O3/c19-13-8-4-1-5-10(13)9-16-18-14(20)11-6-2-3-7-12(11)17-15(18)21/h1-9,19H,(H,17,21)/b16-9+. The van der Waals surface area contributed by atoms with Crippen LogP contribution in [0, 0.1) is 0 Å². The summed E-state index contributed by atoms with van der Waals surface area (Å²) < 4.78 is 0.731. The zero-order chi connectivity index (χ0) is 14.8. The van der Waals surface area contributed by atoms with Crippen molar-refractivity contribution in [2.75, 3.05) is 0 Å². The number of aromatic hydroxyl groups is 1. The Balaban J connectivity index is 2.16. The molecule has 0 unspecified atom stereocenters. The normalized spacial score (nSPS) is 11.2. The molecule has 0 saturated carbocycles. The van der Waals surface area contributed by atoms with Gasteiger partial charge in [0.1, 0.15) is 5.75 Å². The van der Waals surface area contributed by atoms with Gasteiger partial charge in [0.25, 0.3) is 5.56 Å². The molecule has 2 aromatic carbocycles. The molecular formula is C15H11N3O3. The second-order valence-corrected chi connectivity index (χ2v) is 4.40. The number of aromatic amines is 1. The minimum absolute atomic E-state index is 0.0199. The van der Waals surface area contributed by atoms with E-state index < -0.39 is 11.2 Å². The Morgan fingerprint density at radius 3 is 2.57 bits per heavy atom. The Labute approximate surface area is 118 Å². The van der Waals surface area contributed by atoms with E-state index in [-0.39, 0.29) is 5.75 Å². The summed E-state index contributed by atoms with van der Waals surface area (Å²) in [6, 6.07) is 13.2. The highest BCUT2D eigenvalue weighted by Crippen LogP contribution is 2.12. The van der Waals surface area contributed by atoms with Crippen LogP contribution >= 0.6 is 0 Å². The second-order valence-electron chi connectivity index (χ2n) is 4.40. The molecule has 1 aromatic heterocycles. The second kappa shape index (κ2) is 5.09. The first-order valence-corrected chi connectivity index (χ1v) is 6.23. The number of benzene rings is 2. The smallest absolute Gasteiger partial charge is 0.349 e. The summed E-state index contributed by atoms with van der Waals surface area (Å²) in [6.45, 7) is 0. The third-order valence-electron chi connectivity index (χ3n) is 3.03. The molecule has 0 aliphatic carbocycles. The molecule has 0 amide bonds. The number of aromatic nitrogens is 2. The Hall–Kier alpha value is -3.15. The molecule has 6 heteroatoms. The zero-order valence-corrected chi connectivity index (χ0v) is 10.9. The van der Waals surface area contributed by atoms with Crippen molar-refractivity contribution in [3.8, 4) is 5.75 Å². The fourth-order valence-corrected chi connectivity index (χ4v) is 1.97. The lowest BCUT2D eigenvalue weighted by molar-refractivity contribution is 0.474. The highest BCUT2D eigenvalue weighted by molar-refractivity contribution is 5.83. The number of fused-ring (bicyclic) bond motifs is 1. The molecule has 0 bridgehead atoms. The van der Waals surface area contributed by atoms with Crippen LogP contribution < -0.4 is 11.2 Å². The molecule has 0 fully saturated rings. The summed E-state index contributed by atoms with van der Waals surface area (Å²) >= 11 is 0. The summed E-state index contributed by atoms with van der Waals surface area (Å²) in [4.78, 5) is 26.7. The lowest BCUT2D eigenvalue weighted by atomic mass is 10.2. The first kappa shape index (κ1) is 12.9. The van der Waals surface area contributed by atoms with Crippen molar-refractivity contribution in [2.45, 2.75) is 0 Å². The average molecular weight is 281 g/mol. The molecule has 2 N–H and O–H groups in total. The van der Waals surface area contributed by atoms with Gasteiger partial charge in [-0.1, -0.05) is 24.3 Å². The van der Waals surface area contributed by atoms with Crippen LogP contribution in [0.15, 0.2) is 63.2 Å². The summed E-state index contributed by atoms with van der Waals surface area (Å²) in [5, 5.41) is 13.9. The largest absolute Gasteiger partial charge is 0.507 e. The minimum Gasteiger partial charge on any atom is -0.507 e. The Bertz CT molecular complexity index is 954. The van der Waals surface area contributed by atoms with E-state index >= 15 is 0 Å². The first-order valence-electron chi connectivity index (χ1n) is 6.23. The molecule has 0 radical (unpaired) electrons. The van der Waals surface area contributed by atoms with E-state index in [0.717, 1.165) is 4.68 Å². The van der Waals surface area contributed by atoms with E-state index in [1.54, 1.807) is 42.5 Å². The molecule has 6 nitrogen and oxygen atoms in total. The summed E-state index contributed by atoms with van der Waals surface area (Å²) in [7, 11) is 0. The van der Waals surface area contributed by atoms with Crippen LogP contribution in [-0.4, -0.2) is 21.0 Å². The summed E-state index contributed by atoms with van der Waals surface area (Å²) in [5.74, 6) is 0.0199. The number of rotatable bonds is 2. The average Bonchev–Trinajstić information content (AvgIpc) is 2.49. The summed E-state index contributed by atoms with van der Waals surface area (Å²) in [6.07, 6.45) is 1.26. The van der Waals surface area contributed by atoms with Gasteiger partial charge < -0.3 is 10.1 Å². The molecule has 0 saturated heterocycles.